The first-order valence-corrected chi connectivity index (χ1v) is 5.10. The van der Waals surface area contributed by atoms with Crippen LogP contribution in [0.25, 0.3) is 0 Å². The third-order valence-corrected chi connectivity index (χ3v) is 2.32. The van der Waals surface area contributed by atoms with Crippen LogP contribution in [0.2, 0.25) is 0 Å². The molecular formula is C14H9N3. The molecule has 0 spiro atoms. The average Bonchev–Trinajstić information content (AvgIpc) is 2.39. The fraction of sp³-hybridized carbons (Fsp3) is 0. The number of rotatable bonds is 2. The Labute approximate surface area is 99.6 Å². The molecule has 0 aliphatic heterocycles. The number of nitrogens with one attached hydrogen (secondary N) is 1. The van der Waals surface area contributed by atoms with Gasteiger partial charge in [-0.2, -0.15) is 10.5 Å². The van der Waals surface area contributed by atoms with Crippen molar-refractivity contribution in [2.75, 3.05) is 5.32 Å². The maximum atomic E-state index is 8.95. The maximum Gasteiger partial charge on any atom is 0.101 e. The Morgan fingerprint density at radius 2 is 1.71 bits per heavy atom. The molecule has 80 valence electrons. The molecule has 0 aliphatic rings. The van der Waals surface area contributed by atoms with Gasteiger partial charge in [0, 0.05) is 5.69 Å². The van der Waals surface area contributed by atoms with Crippen LogP contribution in [0.3, 0.4) is 0 Å². The molecule has 0 heterocycles. The largest absolute Gasteiger partial charge is 0.354 e. The highest BCUT2D eigenvalue weighted by Crippen LogP contribution is 2.20. The Morgan fingerprint density at radius 1 is 0.882 bits per heavy atom. The minimum Gasteiger partial charge on any atom is -0.354 e. The second kappa shape index (κ2) is 4.83. The molecule has 0 saturated carbocycles. The highest BCUT2D eigenvalue weighted by atomic mass is 14.9. The minimum absolute atomic E-state index is 0.579. The van der Waals surface area contributed by atoms with E-state index in [9.17, 15) is 0 Å². The molecule has 0 radical (unpaired) electrons. The second-order valence-corrected chi connectivity index (χ2v) is 3.47. The lowest BCUT2D eigenvalue weighted by molar-refractivity contribution is 1.45. The van der Waals surface area contributed by atoms with Crippen LogP contribution in [0.4, 0.5) is 11.4 Å². The van der Waals surface area contributed by atoms with Gasteiger partial charge >= 0.3 is 0 Å². The zero-order valence-corrected chi connectivity index (χ0v) is 9.01. The Kier molecular flexibility index (Phi) is 3.05. The van der Waals surface area contributed by atoms with E-state index in [1.165, 1.54) is 0 Å². The summed E-state index contributed by atoms with van der Waals surface area (Å²) in [5, 5.41) is 20.9. The summed E-state index contributed by atoms with van der Waals surface area (Å²) < 4.78 is 0. The van der Waals surface area contributed by atoms with Crippen molar-refractivity contribution in [1.82, 2.24) is 0 Å². The first-order chi connectivity index (χ1) is 8.33. The molecule has 2 aromatic rings. The molecule has 0 aromatic heterocycles. The number of hydrogen-bond acceptors (Lipinski definition) is 3. The summed E-state index contributed by atoms with van der Waals surface area (Å²) >= 11 is 0. The summed E-state index contributed by atoms with van der Waals surface area (Å²) in [6, 6.07) is 18.6. The number of nitriles is 2. The SMILES string of the molecule is N#Cc1cccc(Nc2ccccc2C#N)c1. The Morgan fingerprint density at radius 3 is 2.47 bits per heavy atom. The topological polar surface area (TPSA) is 59.6 Å². The van der Waals surface area contributed by atoms with Crippen LogP contribution in [0.1, 0.15) is 11.1 Å². The Hall–Kier alpha value is -2.78. The zero-order chi connectivity index (χ0) is 12.1. The Bertz CT molecular complexity index is 618. The van der Waals surface area contributed by atoms with Crippen LogP contribution >= 0.6 is 0 Å². The molecule has 1 N–H and O–H groups in total. The fourth-order valence-electron chi connectivity index (χ4n) is 1.51. The van der Waals surface area contributed by atoms with Crippen molar-refractivity contribution in [1.29, 1.82) is 10.5 Å². The summed E-state index contributed by atoms with van der Waals surface area (Å²) in [4.78, 5) is 0. The van der Waals surface area contributed by atoms with Gasteiger partial charge in [0.2, 0.25) is 0 Å². The quantitative estimate of drug-likeness (QED) is 0.843. The third kappa shape index (κ3) is 2.42. The highest BCUT2D eigenvalue weighted by molar-refractivity contribution is 5.67. The van der Waals surface area contributed by atoms with Gasteiger partial charge in [0.25, 0.3) is 0 Å². The predicted octanol–water partition coefficient (Wildman–Crippen LogP) is 3.17. The molecular weight excluding hydrogens is 210 g/mol. The zero-order valence-electron chi connectivity index (χ0n) is 9.01. The molecule has 2 rings (SSSR count). The van der Waals surface area contributed by atoms with E-state index >= 15 is 0 Å². The molecule has 3 nitrogen and oxygen atoms in total. The molecule has 0 saturated heterocycles. The number of para-hydroxylation sites is 1. The normalized spacial score (nSPS) is 9.06. The van der Waals surface area contributed by atoms with Crippen LogP contribution in [0, 0.1) is 22.7 Å². The van der Waals surface area contributed by atoms with Gasteiger partial charge in [-0.05, 0) is 30.3 Å². The van der Waals surface area contributed by atoms with Crippen LogP contribution in [-0.4, -0.2) is 0 Å². The number of benzene rings is 2. The first-order valence-electron chi connectivity index (χ1n) is 5.10. The van der Waals surface area contributed by atoms with E-state index in [1.807, 2.05) is 24.3 Å². The summed E-state index contributed by atoms with van der Waals surface area (Å²) in [7, 11) is 0. The molecule has 0 aliphatic carbocycles. The molecule has 0 unspecified atom stereocenters. The van der Waals surface area contributed by atoms with Gasteiger partial charge in [0.05, 0.1) is 22.9 Å². The second-order valence-electron chi connectivity index (χ2n) is 3.47. The van der Waals surface area contributed by atoms with E-state index in [4.69, 9.17) is 10.5 Å². The molecule has 0 amide bonds. The van der Waals surface area contributed by atoms with Crippen molar-refractivity contribution in [3.63, 3.8) is 0 Å². The van der Waals surface area contributed by atoms with Gasteiger partial charge in [-0.25, -0.2) is 0 Å². The van der Waals surface area contributed by atoms with Gasteiger partial charge in [-0.3, -0.25) is 0 Å². The van der Waals surface area contributed by atoms with Crippen LogP contribution in [-0.2, 0) is 0 Å². The standard InChI is InChI=1S/C14H9N3/c15-9-11-4-3-6-13(8-11)17-14-7-2-1-5-12(14)10-16/h1-8,17H. The van der Waals surface area contributed by atoms with Crippen molar-refractivity contribution in [2.45, 2.75) is 0 Å². The number of nitrogens with zero attached hydrogens (tertiary/aromatic N) is 2. The molecule has 0 bridgehead atoms. The maximum absolute atomic E-state index is 8.95. The van der Waals surface area contributed by atoms with E-state index in [0.717, 1.165) is 11.4 Å². The van der Waals surface area contributed by atoms with Crippen molar-refractivity contribution in [2.24, 2.45) is 0 Å². The molecule has 2 aromatic carbocycles. The lowest BCUT2D eigenvalue weighted by atomic mass is 10.1. The van der Waals surface area contributed by atoms with E-state index in [0.29, 0.717) is 11.1 Å². The summed E-state index contributed by atoms with van der Waals surface area (Å²) in [6.45, 7) is 0. The van der Waals surface area contributed by atoms with Crippen LogP contribution in [0.5, 0.6) is 0 Å². The predicted molar refractivity (Wildman–Crippen MR) is 65.6 cm³/mol. The van der Waals surface area contributed by atoms with Gasteiger partial charge in [-0.1, -0.05) is 18.2 Å². The number of anilines is 2. The summed E-state index contributed by atoms with van der Waals surface area (Å²) in [5.74, 6) is 0. The summed E-state index contributed by atoms with van der Waals surface area (Å²) in [5.41, 5.74) is 2.70. The van der Waals surface area contributed by atoms with Crippen LogP contribution < -0.4 is 5.32 Å². The monoisotopic (exact) mass is 219 g/mol. The lowest BCUT2D eigenvalue weighted by Gasteiger charge is -2.07. The minimum atomic E-state index is 0.579. The van der Waals surface area contributed by atoms with Crippen LogP contribution in [0.15, 0.2) is 48.5 Å². The van der Waals surface area contributed by atoms with Crippen molar-refractivity contribution < 1.29 is 0 Å². The van der Waals surface area contributed by atoms with E-state index < -0.39 is 0 Å². The molecule has 0 fully saturated rings. The Balaban J connectivity index is 2.32. The smallest absolute Gasteiger partial charge is 0.101 e. The van der Waals surface area contributed by atoms with Gasteiger partial charge in [0.15, 0.2) is 0 Å². The molecule has 0 atom stereocenters. The van der Waals surface area contributed by atoms with Crippen molar-refractivity contribution >= 4 is 11.4 Å². The van der Waals surface area contributed by atoms with E-state index in [1.54, 1.807) is 24.3 Å². The van der Waals surface area contributed by atoms with Gasteiger partial charge in [0.1, 0.15) is 6.07 Å². The third-order valence-electron chi connectivity index (χ3n) is 2.32. The highest BCUT2D eigenvalue weighted by Gasteiger charge is 2.01. The lowest BCUT2D eigenvalue weighted by Crippen LogP contribution is -1.93. The molecule has 3 heteroatoms. The summed E-state index contributed by atoms with van der Waals surface area (Å²) in [6.07, 6.45) is 0. The first kappa shape index (κ1) is 10.7. The van der Waals surface area contributed by atoms with Gasteiger partial charge < -0.3 is 5.32 Å². The van der Waals surface area contributed by atoms with E-state index in [2.05, 4.69) is 17.5 Å². The van der Waals surface area contributed by atoms with E-state index in [-0.39, 0.29) is 0 Å². The average molecular weight is 219 g/mol. The van der Waals surface area contributed by atoms with Crippen molar-refractivity contribution in [3.8, 4) is 12.1 Å². The van der Waals surface area contributed by atoms with Crippen molar-refractivity contribution in [3.05, 3.63) is 59.7 Å². The molecule has 17 heavy (non-hydrogen) atoms. The number of hydrogen-bond donors (Lipinski definition) is 1. The fourth-order valence-corrected chi connectivity index (χ4v) is 1.51. The van der Waals surface area contributed by atoms with Gasteiger partial charge in [-0.15, -0.1) is 0 Å².